The van der Waals surface area contributed by atoms with E-state index in [2.05, 4.69) is 45.0 Å². The quantitative estimate of drug-likeness (QED) is 0.188. The van der Waals surface area contributed by atoms with Crippen LogP contribution in [-0.4, -0.2) is 59.5 Å². The van der Waals surface area contributed by atoms with E-state index in [0.29, 0.717) is 58.8 Å². The number of unbranched alkanes of at least 4 members (excludes halogenated alkanes) is 5. The van der Waals surface area contributed by atoms with E-state index in [1.165, 1.54) is 44.1 Å². The summed E-state index contributed by atoms with van der Waals surface area (Å²) in [4.78, 5) is 0. The fraction of sp³-hybridized carbons (Fsp3) is 0.778. The second kappa shape index (κ2) is 21.7. The number of aryl methyl sites for hydroxylation is 1. The summed E-state index contributed by atoms with van der Waals surface area (Å²) in [6, 6.07) is 8.47. The Kier molecular flexibility index (Phi) is 19.6. The van der Waals surface area contributed by atoms with Gasteiger partial charge in [0, 0.05) is 6.61 Å². The maximum Gasteiger partial charge on any atom is 0.119 e. The van der Waals surface area contributed by atoms with Gasteiger partial charge >= 0.3 is 0 Å². The molecule has 0 saturated heterocycles. The van der Waals surface area contributed by atoms with Crippen LogP contribution in [0.4, 0.5) is 0 Å². The number of hydrogen-bond donors (Lipinski definition) is 0. The number of ether oxygens (including phenoxy) is 5. The SMILES string of the molecule is CCCCCCCCc1ccc(OCCOCCOCCOCCOCC(C)CC)cc1. The molecular weight excluding hydrogens is 404 g/mol. The van der Waals surface area contributed by atoms with Gasteiger partial charge in [0.2, 0.25) is 0 Å². The van der Waals surface area contributed by atoms with Crippen molar-refractivity contribution in [2.75, 3.05) is 59.5 Å². The molecule has 5 heteroatoms. The van der Waals surface area contributed by atoms with Crippen LogP contribution in [0, 0.1) is 5.92 Å². The van der Waals surface area contributed by atoms with E-state index >= 15 is 0 Å². The fourth-order valence-corrected chi connectivity index (χ4v) is 3.14. The second-order valence-electron chi connectivity index (χ2n) is 8.44. The van der Waals surface area contributed by atoms with Crippen molar-refractivity contribution >= 4 is 0 Å². The van der Waals surface area contributed by atoms with Gasteiger partial charge < -0.3 is 23.7 Å². The molecular formula is C27H48O5. The van der Waals surface area contributed by atoms with Crippen molar-refractivity contribution in [2.24, 2.45) is 5.92 Å². The van der Waals surface area contributed by atoms with E-state index in [4.69, 9.17) is 23.7 Å². The number of rotatable bonds is 23. The van der Waals surface area contributed by atoms with Crippen LogP contribution >= 0.6 is 0 Å². The molecule has 1 unspecified atom stereocenters. The molecule has 0 amide bonds. The Morgan fingerprint density at radius 3 is 1.75 bits per heavy atom. The van der Waals surface area contributed by atoms with Gasteiger partial charge in [-0.15, -0.1) is 0 Å². The Labute approximate surface area is 197 Å². The maximum absolute atomic E-state index is 5.75. The van der Waals surface area contributed by atoms with Crippen LogP contribution in [0.25, 0.3) is 0 Å². The summed E-state index contributed by atoms with van der Waals surface area (Å²) in [6.45, 7) is 12.1. The van der Waals surface area contributed by atoms with Crippen LogP contribution in [0.15, 0.2) is 24.3 Å². The average molecular weight is 453 g/mol. The molecule has 0 radical (unpaired) electrons. The van der Waals surface area contributed by atoms with Crippen molar-refractivity contribution in [1.29, 1.82) is 0 Å². The predicted molar refractivity (Wildman–Crippen MR) is 132 cm³/mol. The Hall–Kier alpha value is -1.14. The van der Waals surface area contributed by atoms with Crippen molar-refractivity contribution in [3.8, 4) is 5.75 Å². The first-order chi connectivity index (χ1) is 15.8. The summed E-state index contributed by atoms with van der Waals surface area (Å²) in [5.74, 6) is 1.52. The first-order valence-corrected chi connectivity index (χ1v) is 12.8. The normalized spacial score (nSPS) is 12.2. The zero-order valence-electron chi connectivity index (χ0n) is 20.9. The summed E-state index contributed by atoms with van der Waals surface area (Å²) < 4.78 is 27.8. The summed E-state index contributed by atoms with van der Waals surface area (Å²) in [5, 5.41) is 0. The summed E-state index contributed by atoms with van der Waals surface area (Å²) in [6.07, 6.45) is 10.3. The van der Waals surface area contributed by atoms with E-state index < -0.39 is 0 Å². The lowest BCUT2D eigenvalue weighted by Crippen LogP contribution is -2.14. The molecule has 0 aromatic heterocycles. The Bertz CT molecular complexity index is 505. The van der Waals surface area contributed by atoms with Gasteiger partial charge in [-0.25, -0.2) is 0 Å². The van der Waals surface area contributed by atoms with Crippen LogP contribution in [0.2, 0.25) is 0 Å². The molecule has 1 rings (SSSR count). The minimum absolute atomic E-state index is 0.552. The van der Waals surface area contributed by atoms with Gasteiger partial charge in [-0.1, -0.05) is 71.4 Å². The van der Waals surface area contributed by atoms with Gasteiger partial charge in [-0.2, -0.15) is 0 Å². The Morgan fingerprint density at radius 2 is 1.16 bits per heavy atom. The minimum atomic E-state index is 0.552. The number of hydrogen-bond acceptors (Lipinski definition) is 5. The standard InChI is InChI=1S/C27H48O5/c1-4-6-7-8-9-10-11-26-12-14-27(15-13-26)32-23-22-30-19-18-28-16-17-29-20-21-31-24-25(3)5-2/h12-15,25H,4-11,16-24H2,1-3H3. The zero-order valence-corrected chi connectivity index (χ0v) is 20.9. The van der Waals surface area contributed by atoms with Crippen molar-refractivity contribution in [3.63, 3.8) is 0 Å². The Morgan fingerprint density at radius 1 is 0.625 bits per heavy atom. The lowest BCUT2D eigenvalue weighted by molar-refractivity contribution is -0.00768. The summed E-state index contributed by atoms with van der Waals surface area (Å²) >= 11 is 0. The lowest BCUT2D eigenvalue weighted by atomic mass is 10.0. The first kappa shape index (κ1) is 28.9. The molecule has 0 N–H and O–H groups in total. The molecule has 32 heavy (non-hydrogen) atoms. The molecule has 5 nitrogen and oxygen atoms in total. The number of benzene rings is 1. The van der Waals surface area contributed by atoms with Crippen LogP contribution in [0.5, 0.6) is 5.75 Å². The van der Waals surface area contributed by atoms with E-state index in [1.54, 1.807) is 0 Å². The highest BCUT2D eigenvalue weighted by Gasteiger charge is 1.99. The molecule has 0 bridgehead atoms. The van der Waals surface area contributed by atoms with Crippen LogP contribution in [-0.2, 0) is 25.4 Å². The molecule has 0 spiro atoms. The smallest absolute Gasteiger partial charge is 0.119 e. The second-order valence-corrected chi connectivity index (χ2v) is 8.44. The van der Waals surface area contributed by atoms with Crippen LogP contribution in [0.3, 0.4) is 0 Å². The van der Waals surface area contributed by atoms with Crippen molar-refractivity contribution in [1.82, 2.24) is 0 Å². The molecule has 0 aliphatic rings. The average Bonchev–Trinajstić information content (AvgIpc) is 2.82. The van der Waals surface area contributed by atoms with Gasteiger partial charge in [0.05, 0.1) is 46.2 Å². The molecule has 0 aliphatic carbocycles. The lowest BCUT2D eigenvalue weighted by Gasteiger charge is -2.10. The third-order valence-corrected chi connectivity index (χ3v) is 5.45. The first-order valence-electron chi connectivity index (χ1n) is 12.8. The van der Waals surface area contributed by atoms with E-state index in [1.807, 2.05) is 0 Å². The molecule has 1 aromatic rings. The summed E-state index contributed by atoms with van der Waals surface area (Å²) in [7, 11) is 0. The maximum atomic E-state index is 5.75. The van der Waals surface area contributed by atoms with Crippen molar-refractivity contribution in [3.05, 3.63) is 29.8 Å². The monoisotopic (exact) mass is 452 g/mol. The Balaban J connectivity index is 1.86. The highest BCUT2D eigenvalue weighted by Crippen LogP contribution is 2.15. The van der Waals surface area contributed by atoms with Crippen molar-refractivity contribution in [2.45, 2.75) is 72.1 Å². The molecule has 0 saturated carbocycles. The molecule has 1 aromatic carbocycles. The zero-order chi connectivity index (χ0) is 23.1. The molecule has 1 atom stereocenters. The topological polar surface area (TPSA) is 46.2 Å². The molecule has 186 valence electrons. The van der Waals surface area contributed by atoms with Gasteiger partial charge in [0.1, 0.15) is 12.4 Å². The third-order valence-electron chi connectivity index (χ3n) is 5.45. The predicted octanol–water partition coefficient (Wildman–Crippen LogP) is 6.08. The minimum Gasteiger partial charge on any atom is -0.491 e. The van der Waals surface area contributed by atoms with Gasteiger partial charge in [-0.3, -0.25) is 0 Å². The van der Waals surface area contributed by atoms with Gasteiger partial charge in [0.25, 0.3) is 0 Å². The van der Waals surface area contributed by atoms with Crippen LogP contribution in [0.1, 0.15) is 71.3 Å². The molecule has 0 aliphatic heterocycles. The highest BCUT2D eigenvalue weighted by molar-refractivity contribution is 5.27. The van der Waals surface area contributed by atoms with Gasteiger partial charge in [0.15, 0.2) is 0 Å². The fourth-order valence-electron chi connectivity index (χ4n) is 3.14. The van der Waals surface area contributed by atoms with Crippen LogP contribution < -0.4 is 4.74 Å². The summed E-state index contributed by atoms with van der Waals surface area (Å²) in [5.41, 5.74) is 1.39. The van der Waals surface area contributed by atoms with Crippen molar-refractivity contribution < 1.29 is 23.7 Å². The molecule has 0 fully saturated rings. The molecule has 0 heterocycles. The van der Waals surface area contributed by atoms with Gasteiger partial charge in [-0.05, 0) is 36.5 Å². The van der Waals surface area contributed by atoms with E-state index in [0.717, 1.165) is 25.2 Å². The van der Waals surface area contributed by atoms with E-state index in [9.17, 15) is 0 Å². The van der Waals surface area contributed by atoms with E-state index in [-0.39, 0.29) is 0 Å². The highest BCUT2D eigenvalue weighted by atomic mass is 16.6. The third kappa shape index (κ3) is 17.4. The largest absolute Gasteiger partial charge is 0.491 e.